The Balaban J connectivity index is 2.27. The van der Waals surface area contributed by atoms with E-state index in [2.05, 4.69) is 29.6 Å². The Morgan fingerprint density at radius 2 is 2.33 bits per heavy atom. The third kappa shape index (κ3) is 1.58. The van der Waals surface area contributed by atoms with Crippen molar-refractivity contribution in [3.63, 3.8) is 0 Å². The molecule has 1 aromatic carbocycles. The first-order valence-corrected chi connectivity index (χ1v) is 6.68. The molecule has 1 aliphatic heterocycles. The van der Waals surface area contributed by atoms with Gasteiger partial charge in [-0.3, -0.25) is 0 Å². The molecular weight excluding hydrogens is 186 g/mol. The van der Waals surface area contributed by atoms with Crippen molar-refractivity contribution in [1.29, 1.82) is 0 Å². The van der Waals surface area contributed by atoms with E-state index in [1.807, 2.05) is 10.8 Å². The van der Waals surface area contributed by atoms with Crippen LogP contribution < -0.4 is 5.73 Å². The van der Waals surface area contributed by atoms with Crippen molar-refractivity contribution in [1.82, 2.24) is 0 Å². The molecule has 2 rings (SSSR count). The van der Waals surface area contributed by atoms with Crippen LogP contribution in [-0.4, -0.2) is 11.9 Å². The summed E-state index contributed by atoms with van der Waals surface area (Å²) in [7, 11) is 2.30. The highest BCUT2D eigenvalue weighted by atomic mass is 33.1. The van der Waals surface area contributed by atoms with Gasteiger partial charge in [0.25, 0.3) is 0 Å². The lowest BCUT2D eigenvalue weighted by Crippen LogP contribution is -1.98. The van der Waals surface area contributed by atoms with Crippen molar-refractivity contribution in [2.24, 2.45) is 5.73 Å². The fourth-order valence-corrected chi connectivity index (χ4v) is 5.10. The molecule has 1 heterocycles. The molecule has 3 heteroatoms. The van der Waals surface area contributed by atoms with Crippen molar-refractivity contribution in [3.05, 3.63) is 29.8 Å². The first-order valence-electron chi connectivity index (χ1n) is 3.89. The van der Waals surface area contributed by atoms with Gasteiger partial charge in [-0.1, -0.05) is 29.0 Å². The van der Waals surface area contributed by atoms with Crippen LogP contribution in [0.1, 0.15) is 5.56 Å². The minimum atomic E-state index is 0.343. The number of hydrogen-bond donors (Lipinski definition) is 1. The molecular formula is C9H11NS2. The quantitative estimate of drug-likeness (QED) is 0.552. The molecule has 12 heavy (non-hydrogen) atoms. The SMILES string of the molecule is NCC=S1Cc2ccccc2S1. The van der Waals surface area contributed by atoms with Crippen LogP contribution in [0.2, 0.25) is 0 Å². The lowest BCUT2D eigenvalue weighted by molar-refractivity contribution is 1.29. The highest BCUT2D eigenvalue weighted by Gasteiger charge is 2.13. The summed E-state index contributed by atoms with van der Waals surface area (Å²) in [6, 6.07) is 8.60. The topological polar surface area (TPSA) is 26.0 Å². The Bertz CT molecular complexity index is 293. The Morgan fingerprint density at radius 1 is 1.50 bits per heavy atom. The van der Waals surface area contributed by atoms with Gasteiger partial charge < -0.3 is 5.73 Å². The summed E-state index contributed by atoms with van der Waals surface area (Å²) in [5, 5.41) is 2.21. The number of benzene rings is 1. The van der Waals surface area contributed by atoms with Crippen molar-refractivity contribution in [3.8, 4) is 0 Å². The zero-order valence-corrected chi connectivity index (χ0v) is 8.33. The second-order valence-corrected chi connectivity index (χ2v) is 6.39. The maximum Gasteiger partial charge on any atom is 0.0242 e. The summed E-state index contributed by atoms with van der Waals surface area (Å²) in [6.07, 6.45) is 0. The van der Waals surface area contributed by atoms with E-state index in [0.29, 0.717) is 16.1 Å². The number of fused-ring (bicyclic) bond motifs is 1. The van der Waals surface area contributed by atoms with E-state index in [1.54, 1.807) is 0 Å². The molecule has 0 aliphatic carbocycles. The predicted octanol–water partition coefficient (Wildman–Crippen LogP) is 2.24. The van der Waals surface area contributed by atoms with Gasteiger partial charge in [-0.25, -0.2) is 0 Å². The fourth-order valence-electron chi connectivity index (χ4n) is 1.20. The summed E-state index contributed by atoms with van der Waals surface area (Å²) in [5.74, 6) is 1.18. The molecule has 1 aliphatic rings. The van der Waals surface area contributed by atoms with Crippen LogP contribution in [0.25, 0.3) is 0 Å². The van der Waals surface area contributed by atoms with Gasteiger partial charge in [0.1, 0.15) is 0 Å². The van der Waals surface area contributed by atoms with Crippen LogP contribution in [0.15, 0.2) is 29.2 Å². The first kappa shape index (κ1) is 8.35. The van der Waals surface area contributed by atoms with Gasteiger partial charge in [0.15, 0.2) is 0 Å². The molecule has 2 N–H and O–H groups in total. The molecule has 0 amide bonds. The second-order valence-electron chi connectivity index (χ2n) is 2.62. The summed E-state index contributed by atoms with van der Waals surface area (Å²) in [4.78, 5) is 1.44. The second kappa shape index (κ2) is 3.64. The van der Waals surface area contributed by atoms with Gasteiger partial charge in [-0.15, -0.1) is 9.52 Å². The average Bonchev–Trinajstić information content (AvgIpc) is 2.47. The molecule has 0 fully saturated rings. The zero-order valence-electron chi connectivity index (χ0n) is 6.69. The highest BCUT2D eigenvalue weighted by Crippen LogP contribution is 2.48. The molecule has 0 spiro atoms. The molecule has 1 unspecified atom stereocenters. The largest absolute Gasteiger partial charge is 0.327 e. The van der Waals surface area contributed by atoms with Gasteiger partial charge in [-0.2, -0.15) is 0 Å². The van der Waals surface area contributed by atoms with Crippen molar-refractivity contribution >= 4 is 25.7 Å². The maximum atomic E-state index is 5.48. The van der Waals surface area contributed by atoms with Gasteiger partial charge in [0.05, 0.1) is 0 Å². The third-order valence-corrected chi connectivity index (χ3v) is 5.64. The Morgan fingerprint density at radius 3 is 3.08 bits per heavy atom. The molecule has 0 bridgehead atoms. The molecule has 64 valence electrons. The zero-order chi connectivity index (χ0) is 8.39. The van der Waals surface area contributed by atoms with Crippen molar-refractivity contribution in [2.45, 2.75) is 10.6 Å². The van der Waals surface area contributed by atoms with E-state index in [0.717, 1.165) is 0 Å². The van der Waals surface area contributed by atoms with Crippen molar-refractivity contribution in [2.75, 3.05) is 6.54 Å². The molecule has 0 radical (unpaired) electrons. The van der Waals surface area contributed by atoms with E-state index >= 15 is 0 Å². The number of nitrogens with two attached hydrogens (primary N) is 1. The minimum Gasteiger partial charge on any atom is -0.327 e. The maximum absolute atomic E-state index is 5.48. The van der Waals surface area contributed by atoms with Crippen LogP contribution in [0.4, 0.5) is 0 Å². The normalized spacial score (nSPS) is 21.2. The standard InChI is InChI=1S/C9H11NS2/c10-5-6-12-7-8-3-1-2-4-9(8)11-12/h1-4,6H,5,7,10H2. The summed E-state index contributed by atoms with van der Waals surface area (Å²) < 4.78 is 0. The predicted molar refractivity (Wildman–Crippen MR) is 58.7 cm³/mol. The molecule has 0 aromatic heterocycles. The van der Waals surface area contributed by atoms with Gasteiger partial charge in [0, 0.05) is 17.2 Å². The lowest BCUT2D eigenvalue weighted by Gasteiger charge is -1.92. The number of rotatable bonds is 1. The van der Waals surface area contributed by atoms with Gasteiger partial charge >= 0.3 is 0 Å². The van der Waals surface area contributed by atoms with Crippen LogP contribution >= 0.6 is 20.3 Å². The van der Waals surface area contributed by atoms with Crippen LogP contribution in [0.3, 0.4) is 0 Å². The fraction of sp³-hybridized carbons (Fsp3) is 0.222. The first-order chi connectivity index (χ1) is 5.90. The molecule has 0 saturated carbocycles. The van der Waals surface area contributed by atoms with E-state index in [1.165, 1.54) is 16.2 Å². The third-order valence-electron chi connectivity index (χ3n) is 1.75. The smallest absolute Gasteiger partial charge is 0.0242 e. The Labute approximate surface area is 78.7 Å². The number of hydrogen-bond acceptors (Lipinski definition) is 2. The highest BCUT2D eigenvalue weighted by molar-refractivity contribution is 8.83. The summed E-state index contributed by atoms with van der Waals surface area (Å²) >= 11 is 0. The van der Waals surface area contributed by atoms with Gasteiger partial charge in [-0.05, 0) is 17.0 Å². The summed E-state index contributed by atoms with van der Waals surface area (Å²) in [6.45, 7) is 0.699. The average molecular weight is 197 g/mol. The lowest BCUT2D eigenvalue weighted by atomic mass is 10.2. The van der Waals surface area contributed by atoms with E-state index < -0.39 is 0 Å². The van der Waals surface area contributed by atoms with Crippen LogP contribution in [-0.2, 0) is 5.75 Å². The molecule has 1 atom stereocenters. The molecule has 1 nitrogen and oxygen atoms in total. The summed E-state index contributed by atoms with van der Waals surface area (Å²) in [5.41, 5.74) is 6.96. The van der Waals surface area contributed by atoms with Crippen LogP contribution in [0, 0.1) is 0 Å². The Kier molecular flexibility index (Phi) is 2.54. The van der Waals surface area contributed by atoms with Crippen LogP contribution in [0.5, 0.6) is 0 Å². The molecule has 1 aromatic rings. The van der Waals surface area contributed by atoms with E-state index in [-0.39, 0.29) is 0 Å². The van der Waals surface area contributed by atoms with Gasteiger partial charge in [0.2, 0.25) is 0 Å². The monoisotopic (exact) mass is 197 g/mol. The van der Waals surface area contributed by atoms with E-state index in [9.17, 15) is 0 Å². The molecule has 0 saturated heterocycles. The minimum absolute atomic E-state index is 0.343. The van der Waals surface area contributed by atoms with E-state index in [4.69, 9.17) is 5.73 Å². The van der Waals surface area contributed by atoms with Crippen molar-refractivity contribution < 1.29 is 0 Å². The Hall–Kier alpha value is -0.250.